The second-order valence-corrected chi connectivity index (χ2v) is 11.5. The molecular weight excluding hydrogens is 684 g/mol. The van der Waals surface area contributed by atoms with Gasteiger partial charge in [-0.05, 0) is 54.8 Å². The maximum absolute atomic E-state index is 14.2. The quantitative estimate of drug-likeness (QED) is 0.123. The number of hydrogen-bond acceptors (Lipinski definition) is 5. The summed E-state index contributed by atoms with van der Waals surface area (Å²) in [6, 6.07) is 5.32. The van der Waals surface area contributed by atoms with E-state index in [2.05, 4.69) is 20.9 Å². The van der Waals surface area contributed by atoms with Crippen molar-refractivity contribution < 1.29 is 59.0 Å². The van der Waals surface area contributed by atoms with Gasteiger partial charge in [-0.15, -0.1) is 0 Å². The Kier molecular flexibility index (Phi) is 10.4. The summed E-state index contributed by atoms with van der Waals surface area (Å²) in [6.07, 6.45) is -5.21. The zero-order chi connectivity index (χ0) is 36.3. The van der Waals surface area contributed by atoms with Crippen LogP contribution in [0.2, 0.25) is 0 Å². The van der Waals surface area contributed by atoms with Crippen LogP contribution in [-0.2, 0) is 27.0 Å². The van der Waals surface area contributed by atoms with E-state index in [1.54, 1.807) is 0 Å². The average molecular weight is 711 g/mol. The summed E-state index contributed by atoms with van der Waals surface area (Å²) in [4.78, 5) is 55.4. The molecule has 17 heteroatoms. The van der Waals surface area contributed by atoms with E-state index < -0.39 is 101 Å². The number of halogens is 8. The molecule has 3 atom stereocenters. The monoisotopic (exact) mass is 710 g/mol. The minimum Gasteiger partial charge on any atom is -0.479 e. The summed E-state index contributed by atoms with van der Waals surface area (Å²) < 4.78 is 114. The predicted octanol–water partition coefficient (Wildman–Crippen LogP) is 4.88. The van der Waals surface area contributed by atoms with Gasteiger partial charge in [0.15, 0.2) is 23.2 Å². The Balaban J connectivity index is 1.40. The molecule has 4 N–H and O–H groups in total. The van der Waals surface area contributed by atoms with Gasteiger partial charge in [0.25, 0.3) is 5.91 Å². The van der Waals surface area contributed by atoms with E-state index in [-0.39, 0.29) is 36.7 Å². The van der Waals surface area contributed by atoms with Crippen LogP contribution in [0.15, 0.2) is 54.6 Å². The van der Waals surface area contributed by atoms with Gasteiger partial charge in [0.1, 0.15) is 24.2 Å². The van der Waals surface area contributed by atoms with E-state index in [9.17, 15) is 54.3 Å². The Morgan fingerprint density at radius 1 is 0.880 bits per heavy atom. The SMILES string of the molecule is O=C(N[C@@H](Cc1ccc(C(F)(F)F)cc1)C(=O)N[C@@H](C[C@@H]1CCNC1=O)C(=O)COc1c(F)c(F)cc(F)c1F)c1cc2cc(F)ccc2[nH]1. The molecule has 0 aliphatic carbocycles. The van der Waals surface area contributed by atoms with Crippen LogP contribution >= 0.6 is 0 Å². The minimum atomic E-state index is -4.66. The molecule has 1 aliphatic rings. The largest absolute Gasteiger partial charge is 0.479 e. The fourth-order valence-electron chi connectivity index (χ4n) is 5.36. The Hall–Kier alpha value is -5.48. The molecular formula is C33H26F8N4O5. The molecule has 50 heavy (non-hydrogen) atoms. The molecule has 1 saturated heterocycles. The molecule has 1 fully saturated rings. The zero-order valence-corrected chi connectivity index (χ0v) is 25.5. The number of aromatic nitrogens is 1. The van der Waals surface area contributed by atoms with Crippen molar-refractivity contribution in [3.8, 4) is 5.75 Å². The Bertz CT molecular complexity index is 1920. The van der Waals surface area contributed by atoms with Crippen molar-refractivity contribution >= 4 is 34.4 Å². The van der Waals surface area contributed by atoms with E-state index >= 15 is 0 Å². The summed E-state index contributed by atoms with van der Waals surface area (Å²) in [5, 5.41) is 7.64. The number of rotatable bonds is 12. The summed E-state index contributed by atoms with van der Waals surface area (Å²) in [5.41, 5.74) is -0.585. The molecule has 0 radical (unpaired) electrons. The number of nitrogens with one attached hydrogen (secondary N) is 4. The van der Waals surface area contributed by atoms with Crippen molar-refractivity contribution in [1.29, 1.82) is 0 Å². The number of H-pyrrole nitrogens is 1. The molecule has 5 rings (SSSR count). The Morgan fingerprint density at radius 3 is 2.18 bits per heavy atom. The third-order valence-corrected chi connectivity index (χ3v) is 7.99. The molecule has 0 saturated carbocycles. The molecule has 264 valence electrons. The lowest BCUT2D eigenvalue weighted by atomic mass is 9.95. The molecule has 4 aromatic rings. The number of hydrogen-bond donors (Lipinski definition) is 4. The van der Waals surface area contributed by atoms with Gasteiger partial charge in [-0.2, -0.15) is 22.0 Å². The van der Waals surface area contributed by atoms with Crippen molar-refractivity contribution in [3.63, 3.8) is 0 Å². The predicted molar refractivity (Wildman–Crippen MR) is 159 cm³/mol. The maximum Gasteiger partial charge on any atom is 0.416 e. The third kappa shape index (κ3) is 8.20. The summed E-state index contributed by atoms with van der Waals surface area (Å²) in [7, 11) is 0. The second kappa shape index (κ2) is 14.6. The highest BCUT2D eigenvalue weighted by atomic mass is 19.4. The molecule has 0 bridgehead atoms. The molecule has 9 nitrogen and oxygen atoms in total. The van der Waals surface area contributed by atoms with E-state index in [0.29, 0.717) is 10.9 Å². The standard InChI is InChI=1S/C33H26F8N4O5/c34-19-5-6-22-17(10-19)12-25(43-22)32(49)45-24(9-15-1-3-18(4-2-15)33(39,40)41)31(48)44-23(11-16-7-8-42-30(16)47)26(46)14-50-29-27(37)20(35)13-21(36)28(29)38/h1-6,10,12-13,16,23-24,43H,7-9,11,14H2,(H,42,47)(H,44,48)(H,45,49)/t16-,23-,24-/m0/s1. The number of benzene rings is 3. The van der Waals surface area contributed by atoms with Crippen molar-refractivity contribution in [2.24, 2.45) is 5.92 Å². The normalized spacial score (nSPS) is 15.8. The van der Waals surface area contributed by atoms with Crippen molar-refractivity contribution in [2.45, 2.75) is 37.5 Å². The lowest BCUT2D eigenvalue weighted by molar-refractivity contribution is -0.137. The lowest BCUT2D eigenvalue weighted by Crippen LogP contribution is -2.53. The van der Waals surface area contributed by atoms with Gasteiger partial charge in [-0.3, -0.25) is 19.2 Å². The number of carbonyl (C=O) groups excluding carboxylic acids is 4. The molecule has 0 unspecified atom stereocenters. The smallest absolute Gasteiger partial charge is 0.416 e. The highest BCUT2D eigenvalue weighted by Gasteiger charge is 2.35. The first-order chi connectivity index (χ1) is 23.6. The van der Waals surface area contributed by atoms with Gasteiger partial charge in [-0.1, -0.05) is 12.1 Å². The van der Waals surface area contributed by atoms with Crippen LogP contribution in [0.4, 0.5) is 35.1 Å². The topological polar surface area (TPSA) is 129 Å². The number of ether oxygens (including phenoxy) is 1. The summed E-state index contributed by atoms with van der Waals surface area (Å²) in [5.74, 6) is -13.9. The van der Waals surface area contributed by atoms with Crippen molar-refractivity contribution in [1.82, 2.24) is 20.9 Å². The number of aromatic amines is 1. The molecule has 2 heterocycles. The fraction of sp³-hybridized carbons (Fsp3) is 0.273. The number of fused-ring (bicyclic) bond motifs is 1. The first-order valence-electron chi connectivity index (χ1n) is 14.9. The molecule has 3 amide bonds. The van der Waals surface area contributed by atoms with Gasteiger partial charge in [0.2, 0.25) is 23.4 Å². The first kappa shape index (κ1) is 35.8. The second-order valence-electron chi connectivity index (χ2n) is 11.5. The van der Waals surface area contributed by atoms with Gasteiger partial charge >= 0.3 is 6.18 Å². The van der Waals surface area contributed by atoms with E-state index in [4.69, 9.17) is 4.74 Å². The zero-order valence-electron chi connectivity index (χ0n) is 25.5. The number of Topliss-reactive ketones (excluding diaryl/α,β-unsaturated/α-hetero) is 1. The van der Waals surface area contributed by atoms with E-state index in [1.165, 1.54) is 12.1 Å². The lowest BCUT2D eigenvalue weighted by Gasteiger charge is -2.24. The van der Waals surface area contributed by atoms with Gasteiger partial charge in [0, 0.05) is 35.9 Å². The van der Waals surface area contributed by atoms with Gasteiger partial charge < -0.3 is 25.7 Å². The van der Waals surface area contributed by atoms with Crippen LogP contribution in [0.1, 0.15) is 34.5 Å². The van der Waals surface area contributed by atoms with Gasteiger partial charge in [-0.25, -0.2) is 13.2 Å². The highest BCUT2D eigenvalue weighted by molar-refractivity contribution is 6.01. The number of ketones is 1. The van der Waals surface area contributed by atoms with E-state index in [0.717, 1.165) is 36.4 Å². The fourth-order valence-corrected chi connectivity index (χ4v) is 5.36. The van der Waals surface area contributed by atoms with Crippen LogP contribution in [0.3, 0.4) is 0 Å². The van der Waals surface area contributed by atoms with Crippen LogP contribution in [-0.4, -0.2) is 53.7 Å². The number of amides is 3. The van der Waals surface area contributed by atoms with Crippen LogP contribution in [0, 0.1) is 35.0 Å². The Labute approximate surface area is 277 Å². The van der Waals surface area contributed by atoms with Crippen LogP contribution in [0.25, 0.3) is 10.9 Å². The Morgan fingerprint density at radius 2 is 1.56 bits per heavy atom. The first-order valence-corrected chi connectivity index (χ1v) is 14.9. The molecule has 1 aromatic heterocycles. The number of alkyl halides is 3. The van der Waals surface area contributed by atoms with Crippen molar-refractivity contribution in [2.75, 3.05) is 13.2 Å². The number of carbonyl (C=O) groups is 4. The van der Waals surface area contributed by atoms with Gasteiger partial charge in [0.05, 0.1) is 11.6 Å². The molecule has 0 spiro atoms. The molecule has 1 aliphatic heterocycles. The molecule has 3 aromatic carbocycles. The summed E-state index contributed by atoms with van der Waals surface area (Å²) >= 11 is 0. The summed E-state index contributed by atoms with van der Waals surface area (Å²) in [6.45, 7) is -0.994. The van der Waals surface area contributed by atoms with Crippen molar-refractivity contribution in [3.05, 3.63) is 101 Å². The third-order valence-electron chi connectivity index (χ3n) is 7.99. The average Bonchev–Trinajstić information content (AvgIpc) is 3.68. The minimum absolute atomic E-state index is 0.0692. The van der Waals surface area contributed by atoms with Crippen LogP contribution in [0.5, 0.6) is 5.75 Å². The highest BCUT2D eigenvalue weighted by Crippen LogP contribution is 2.30. The van der Waals surface area contributed by atoms with Crippen LogP contribution < -0.4 is 20.7 Å². The van der Waals surface area contributed by atoms with E-state index in [1.807, 2.05) is 0 Å². The maximum atomic E-state index is 14.2.